The molecule has 0 aliphatic carbocycles. The van der Waals surface area contributed by atoms with E-state index in [1.54, 1.807) is 0 Å². The van der Waals surface area contributed by atoms with Crippen molar-refractivity contribution in [1.82, 2.24) is 42.9 Å². The predicted octanol–water partition coefficient (Wildman–Crippen LogP) is 9.11. The number of hydrogen-bond donors (Lipinski definition) is 0. The van der Waals surface area contributed by atoms with Gasteiger partial charge in [0.05, 0.1) is 44.1 Å². The van der Waals surface area contributed by atoms with Crippen molar-refractivity contribution in [3.63, 3.8) is 0 Å². The van der Waals surface area contributed by atoms with Crippen LogP contribution >= 0.6 is 11.3 Å². The molecular formula is C53H33N9SSi. The van der Waals surface area contributed by atoms with E-state index in [1.807, 2.05) is 23.5 Å². The van der Waals surface area contributed by atoms with Crippen molar-refractivity contribution in [3.05, 3.63) is 200 Å². The lowest BCUT2D eigenvalue weighted by atomic mass is 10.1. The zero-order valence-electron chi connectivity index (χ0n) is 34.0. The molecular weight excluding hydrogens is 823 g/mol. The van der Waals surface area contributed by atoms with Gasteiger partial charge in [0.2, 0.25) is 31.5 Å². The summed E-state index contributed by atoms with van der Waals surface area (Å²) in [5.74, 6) is 2.39. The van der Waals surface area contributed by atoms with Gasteiger partial charge < -0.3 is 0 Å². The van der Waals surface area contributed by atoms with Gasteiger partial charge in [-0.2, -0.15) is 4.98 Å². The second kappa shape index (κ2) is 13.4. The number of benzene rings is 8. The third-order valence-corrected chi connectivity index (χ3v) is 18.7. The van der Waals surface area contributed by atoms with Crippen molar-refractivity contribution in [2.45, 2.75) is 0 Å². The van der Waals surface area contributed by atoms with E-state index in [4.69, 9.17) is 24.9 Å². The Morgan fingerprint density at radius 3 is 1.38 bits per heavy atom. The number of fused-ring (bicyclic) bond motifs is 13. The van der Waals surface area contributed by atoms with Gasteiger partial charge >= 0.3 is 0 Å². The van der Waals surface area contributed by atoms with Crippen LogP contribution < -0.4 is 21.0 Å². The fourth-order valence-corrected chi connectivity index (χ4v) is 16.3. The van der Waals surface area contributed by atoms with E-state index in [0.29, 0.717) is 17.3 Å². The molecule has 9 nitrogen and oxygen atoms in total. The largest absolute Gasteiger partial charge is 0.276 e. The van der Waals surface area contributed by atoms with Crippen LogP contribution in [0.15, 0.2) is 200 Å². The van der Waals surface area contributed by atoms with Crippen LogP contribution in [0.4, 0.5) is 0 Å². The number of nitrogens with zero attached hydrogens (tertiary/aromatic N) is 9. The van der Waals surface area contributed by atoms with Gasteiger partial charge in [-0.3, -0.25) is 8.80 Å². The Bertz CT molecular complexity index is 3960. The van der Waals surface area contributed by atoms with Gasteiger partial charge in [-0.05, 0) is 70.2 Å². The summed E-state index contributed by atoms with van der Waals surface area (Å²) in [7, 11) is -3.48. The summed E-state index contributed by atoms with van der Waals surface area (Å²) in [6.45, 7) is 0. The lowest BCUT2D eigenvalue weighted by Gasteiger charge is -2.32. The Balaban J connectivity index is 1.20. The Hall–Kier alpha value is -8.25. The lowest BCUT2D eigenvalue weighted by Crippen LogP contribution is -2.76. The van der Waals surface area contributed by atoms with Crippen molar-refractivity contribution in [2.75, 3.05) is 0 Å². The molecule has 8 aromatic carbocycles. The molecule has 6 aromatic heterocycles. The maximum absolute atomic E-state index is 5.83. The van der Waals surface area contributed by atoms with Gasteiger partial charge in [0.15, 0.2) is 0 Å². The van der Waals surface area contributed by atoms with Gasteiger partial charge in [-0.1, -0.05) is 146 Å². The third-order valence-electron chi connectivity index (χ3n) is 12.8. The van der Waals surface area contributed by atoms with Crippen molar-refractivity contribution in [1.29, 1.82) is 0 Å². The molecule has 0 radical (unpaired) electrons. The molecule has 0 spiro atoms. The van der Waals surface area contributed by atoms with Gasteiger partial charge in [-0.25, -0.2) is 29.1 Å². The summed E-state index contributed by atoms with van der Waals surface area (Å²) < 4.78 is 11.1. The topological polar surface area (TPSA) is 83.1 Å². The number of hydrogen-bond acceptors (Lipinski definition) is 6. The van der Waals surface area contributed by atoms with Crippen LogP contribution in [0.25, 0.3) is 87.8 Å². The third kappa shape index (κ3) is 4.79. The van der Waals surface area contributed by atoms with Gasteiger partial charge in [-0.15, -0.1) is 11.3 Å². The second-order valence-corrected chi connectivity index (χ2v) is 20.8. The van der Waals surface area contributed by atoms with Crippen LogP contribution in [0.1, 0.15) is 0 Å². The quantitative estimate of drug-likeness (QED) is 0.123. The van der Waals surface area contributed by atoms with Crippen LogP contribution in [0.3, 0.4) is 0 Å². The highest BCUT2D eigenvalue weighted by Crippen LogP contribution is 2.35. The predicted molar refractivity (Wildman–Crippen MR) is 263 cm³/mol. The summed E-state index contributed by atoms with van der Waals surface area (Å²) in [4.78, 5) is 27.8. The van der Waals surface area contributed by atoms with Crippen LogP contribution in [-0.4, -0.2) is 50.9 Å². The minimum atomic E-state index is -3.48. The average Bonchev–Trinajstić information content (AvgIpc) is 4.16. The zero-order valence-corrected chi connectivity index (χ0v) is 35.8. The highest BCUT2D eigenvalue weighted by molar-refractivity contribution is 7.30. The molecule has 0 atom stereocenters. The molecule has 0 amide bonds. The number of imidazole rings is 4. The Kier molecular flexibility index (Phi) is 7.39. The molecule has 0 fully saturated rings. The normalized spacial score (nSPS) is 12.4. The first-order valence-electron chi connectivity index (χ1n) is 21.3. The maximum Gasteiger partial charge on any atom is 0.241 e. The Labute approximate surface area is 369 Å². The van der Waals surface area contributed by atoms with E-state index in [0.717, 1.165) is 66.1 Å². The van der Waals surface area contributed by atoms with E-state index < -0.39 is 8.07 Å². The smallest absolute Gasteiger partial charge is 0.241 e. The Morgan fingerprint density at radius 2 is 0.812 bits per heavy atom. The lowest BCUT2D eigenvalue weighted by molar-refractivity contribution is 0.887. The molecule has 0 bridgehead atoms. The summed E-state index contributed by atoms with van der Waals surface area (Å²) in [6, 6.07) is 70.7. The van der Waals surface area contributed by atoms with Crippen molar-refractivity contribution in [2.24, 2.45) is 0 Å². The van der Waals surface area contributed by atoms with Crippen LogP contribution in [0.5, 0.6) is 0 Å². The van der Waals surface area contributed by atoms with E-state index >= 15 is 0 Å². The molecule has 0 aliphatic rings. The van der Waals surface area contributed by atoms with Crippen LogP contribution in [0, 0.1) is 0 Å². The number of para-hydroxylation sites is 8. The van der Waals surface area contributed by atoms with Crippen LogP contribution in [0.2, 0.25) is 0 Å². The minimum absolute atomic E-state index is 0.473. The van der Waals surface area contributed by atoms with Crippen molar-refractivity contribution in [3.8, 4) is 11.9 Å². The molecule has 0 N–H and O–H groups in total. The van der Waals surface area contributed by atoms with Gasteiger partial charge in [0, 0.05) is 20.2 Å². The summed E-state index contributed by atoms with van der Waals surface area (Å²) >= 11 is 1.84. The molecule has 0 aliphatic heterocycles. The van der Waals surface area contributed by atoms with E-state index in [9.17, 15) is 0 Å². The molecule has 11 heteroatoms. The SMILES string of the molecule is c1ccc([Si](c2ccccc2)(c2nc(-n3c4ccccc4n4c5ccccc5nc34)nc(-n3c4ccccc4n4c5ccccc5nc34)n2)c2cccc3c2sc2ccccc23)cc1. The average molecular weight is 856 g/mol. The summed E-state index contributed by atoms with van der Waals surface area (Å²) in [5, 5.41) is 6.01. The highest BCUT2D eigenvalue weighted by Gasteiger charge is 2.47. The first kappa shape index (κ1) is 35.4. The molecule has 300 valence electrons. The van der Waals surface area contributed by atoms with E-state index in [-0.39, 0.29) is 0 Å². The minimum Gasteiger partial charge on any atom is -0.276 e. The monoisotopic (exact) mass is 855 g/mol. The standard InChI is InChI=1S/C53H33N9SSi/c1-3-18-34(19-4-1)64(35-20-5-2-6-21-35,47-33-17-23-37-36-22-7-16-32-46(36)63-48(37)47)51-57-49(61-44-30-14-12-28-42(44)59-40-26-10-8-24-38(40)54-52(59)61)56-50(58-51)62-45-31-15-13-29-43(45)60-41-27-11-9-25-39(41)55-53(60)62/h1-33H. The van der Waals surface area contributed by atoms with E-state index in [2.05, 4.69) is 206 Å². The number of thiophene rings is 1. The molecule has 0 saturated heterocycles. The van der Waals surface area contributed by atoms with Crippen LogP contribution in [-0.2, 0) is 0 Å². The summed E-state index contributed by atoms with van der Waals surface area (Å²) in [6.07, 6.45) is 0. The fraction of sp³-hybridized carbons (Fsp3) is 0. The highest BCUT2D eigenvalue weighted by atomic mass is 32.1. The molecule has 0 saturated carbocycles. The molecule has 0 unspecified atom stereocenters. The number of aromatic nitrogens is 9. The molecule has 14 rings (SSSR count). The Morgan fingerprint density at radius 1 is 0.359 bits per heavy atom. The first-order chi connectivity index (χ1) is 31.8. The number of rotatable bonds is 6. The van der Waals surface area contributed by atoms with Gasteiger partial charge in [0.25, 0.3) is 0 Å². The zero-order chi connectivity index (χ0) is 41.9. The first-order valence-corrected chi connectivity index (χ1v) is 24.1. The molecule has 14 aromatic rings. The van der Waals surface area contributed by atoms with E-state index in [1.165, 1.54) is 25.4 Å². The molecule has 6 heterocycles. The second-order valence-electron chi connectivity index (χ2n) is 16.1. The van der Waals surface area contributed by atoms with Crippen molar-refractivity contribution < 1.29 is 0 Å². The summed E-state index contributed by atoms with van der Waals surface area (Å²) in [5.41, 5.74) is 8.40. The van der Waals surface area contributed by atoms with Gasteiger partial charge in [0.1, 0.15) is 5.45 Å². The fourth-order valence-electron chi connectivity index (χ4n) is 10.1. The maximum atomic E-state index is 5.83. The molecule has 64 heavy (non-hydrogen) atoms. The van der Waals surface area contributed by atoms with Crippen molar-refractivity contribution >= 4 is 116 Å².